The summed E-state index contributed by atoms with van der Waals surface area (Å²) in [4.78, 5) is 26.9. The van der Waals surface area contributed by atoms with Crippen molar-refractivity contribution in [3.8, 4) is 0 Å². The van der Waals surface area contributed by atoms with Crippen molar-refractivity contribution in [3.05, 3.63) is 65.5 Å². The van der Waals surface area contributed by atoms with Gasteiger partial charge in [-0.15, -0.1) is 0 Å². The van der Waals surface area contributed by atoms with E-state index in [1.54, 1.807) is 6.20 Å². The van der Waals surface area contributed by atoms with Crippen LogP contribution in [-0.4, -0.2) is 47.0 Å². The molecule has 1 saturated heterocycles. The number of aromatic nitrogens is 2. The minimum Gasteiger partial charge on any atom is -0.306 e. The second-order valence-electron chi connectivity index (χ2n) is 7.71. The quantitative estimate of drug-likeness (QED) is 0.669. The molecular weight excluding hydrogens is 336 g/mol. The van der Waals surface area contributed by atoms with Crippen molar-refractivity contribution in [2.45, 2.75) is 25.3 Å². The molecule has 3 aromatic rings. The Morgan fingerprint density at radius 2 is 1.96 bits per heavy atom. The third-order valence-electron chi connectivity index (χ3n) is 5.84. The normalized spacial score (nSPS) is 21.9. The lowest BCUT2D eigenvalue weighted by molar-refractivity contribution is 0.0960. The number of benzene rings is 2. The number of likely N-dealkylation sites (tertiary alicyclic amines) is 1. The molecule has 0 N–H and O–H groups in total. The molecule has 5 nitrogen and oxygen atoms in total. The van der Waals surface area contributed by atoms with E-state index < -0.39 is 0 Å². The van der Waals surface area contributed by atoms with E-state index in [0.717, 1.165) is 36.2 Å². The molecule has 0 unspecified atom stereocenters. The van der Waals surface area contributed by atoms with Crippen molar-refractivity contribution >= 4 is 22.6 Å². The Morgan fingerprint density at radius 3 is 2.81 bits per heavy atom. The first kappa shape index (κ1) is 16.4. The Balaban J connectivity index is 1.59. The zero-order chi connectivity index (χ0) is 18.5. The Morgan fingerprint density at radius 1 is 1.15 bits per heavy atom. The van der Waals surface area contributed by atoms with Gasteiger partial charge in [0, 0.05) is 24.2 Å². The van der Waals surface area contributed by atoms with Gasteiger partial charge in [-0.2, -0.15) is 0 Å². The molecule has 136 valence electrons. The lowest BCUT2D eigenvalue weighted by atomic mass is 9.89. The summed E-state index contributed by atoms with van der Waals surface area (Å²) in [5.41, 5.74) is 5.54. The van der Waals surface area contributed by atoms with Crippen LogP contribution in [0.1, 0.15) is 34.0 Å². The van der Waals surface area contributed by atoms with Crippen LogP contribution < -0.4 is 4.90 Å². The lowest BCUT2D eigenvalue weighted by Gasteiger charge is -2.36. The Labute approximate surface area is 158 Å². The third-order valence-corrected chi connectivity index (χ3v) is 5.84. The minimum atomic E-state index is -0.0459. The number of likely N-dealkylation sites (N-methyl/N-ethyl adjacent to an activating group) is 1. The van der Waals surface area contributed by atoms with Crippen LogP contribution in [0.15, 0.2) is 48.7 Å². The fraction of sp³-hybridized carbons (Fsp3) is 0.318. The number of hydrogen-bond acceptors (Lipinski definition) is 4. The zero-order valence-corrected chi connectivity index (χ0v) is 15.6. The van der Waals surface area contributed by atoms with Crippen molar-refractivity contribution < 1.29 is 4.79 Å². The van der Waals surface area contributed by atoms with E-state index in [1.807, 2.05) is 29.2 Å². The summed E-state index contributed by atoms with van der Waals surface area (Å²) in [5.74, 6) is 0.312. The topological polar surface area (TPSA) is 49.3 Å². The lowest BCUT2D eigenvalue weighted by Crippen LogP contribution is -2.47. The van der Waals surface area contributed by atoms with E-state index in [4.69, 9.17) is 0 Å². The monoisotopic (exact) mass is 358 g/mol. The van der Waals surface area contributed by atoms with E-state index in [0.29, 0.717) is 11.6 Å². The van der Waals surface area contributed by atoms with Gasteiger partial charge >= 0.3 is 0 Å². The summed E-state index contributed by atoms with van der Waals surface area (Å²) in [6.45, 7) is 4.09. The highest BCUT2D eigenvalue weighted by Gasteiger charge is 2.44. The third kappa shape index (κ3) is 2.61. The predicted octanol–water partition coefficient (Wildman–Crippen LogP) is 3.39. The number of piperidine rings is 1. The number of carbonyl (C=O) groups excluding carboxylic acids is 1. The number of carbonyl (C=O) groups is 1. The highest BCUT2D eigenvalue weighted by atomic mass is 16.2. The van der Waals surface area contributed by atoms with Crippen molar-refractivity contribution in [2.24, 2.45) is 0 Å². The Bertz CT molecular complexity index is 1050. The summed E-state index contributed by atoms with van der Waals surface area (Å²) in [7, 11) is 2.16. The van der Waals surface area contributed by atoms with Crippen molar-refractivity contribution in [3.63, 3.8) is 0 Å². The molecule has 2 aliphatic rings. The van der Waals surface area contributed by atoms with E-state index in [9.17, 15) is 4.79 Å². The number of amides is 1. The molecule has 0 saturated carbocycles. The van der Waals surface area contributed by atoms with Gasteiger partial charge < -0.3 is 9.80 Å². The SMILES string of the molecule is Cc1ccc2c(c1)[C@H]1CN(C)CC[C@@H]1N2C(=O)c1cnc2ccccc2n1. The molecular formula is C22H22N4O. The van der Waals surface area contributed by atoms with Crippen LogP contribution in [0.25, 0.3) is 11.0 Å². The van der Waals surface area contributed by atoms with Crippen LogP contribution >= 0.6 is 0 Å². The molecule has 1 fully saturated rings. The number of hydrogen-bond donors (Lipinski definition) is 0. The maximum absolute atomic E-state index is 13.5. The standard InChI is InChI=1S/C22H22N4O/c1-14-7-8-20-15(11-14)16-13-25(2)10-9-21(16)26(20)22(27)19-12-23-17-5-3-4-6-18(17)24-19/h3-8,11-12,16,21H,9-10,13H2,1-2H3/t16-,21+/m1/s1. The zero-order valence-electron chi connectivity index (χ0n) is 15.6. The van der Waals surface area contributed by atoms with Gasteiger partial charge in [0.05, 0.1) is 17.2 Å². The molecule has 1 amide bonds. The van der Waals surface area contributed by atoms with Crippen LogP contribution in [0.2, 0.25) is 0 Å². The van der Waals surface area contributed by atoms with Gasteiger partial charge in [0.1, 0.15) is 5.69 Å². The molecule has 27 heavy (non-hydrogen) atoms. The first-order chi connectivity index (χ1) is 13.1. The molecule has 2 aromatic carbocycles. The molecule has 0 bridgehead atoms. The van der Waals surface area contributed by atoms with Gasteiger partial charge in [0.2, 0.25) is 0 Å². The summed E-state index contributed by atoms with van der Waals surface area (Å²) < 4.78 is 0. The molecule has 3 heterocycles. The predicted molar refractivity (Wildman–Crippen MR) is 106 cm³/mol. The Kier molecular flexibility index (Phi) is 3.72. The van der Waals surface area contributed by atoms with E-state index in [-0.39, 0.29) is 11.9 Å². The van der Waals surface area contributed by atoms with Gasteiger partial charge in [-0.3, -0.25) is 9.78 Å². The van der Waals surface area contributed by atoms with Crippen LogP contribution in [-0.2, 0) is 0 Å². The number of rotatable bonds is 1. The molecule has 0 spiro atoms. The molecule has 2 aliphatic heterocycles. The number of para-hydroxylation sites is 2. The number of fused-ring (bicyclic) bond motifs is 4. The van der Waals surface area contributed by atoms with Gasteiger partial charge in [0.15, 0.2) is 0 Å². The van der Waals surface area contributed by atoms with Gasteiger partial charge in [-0.25, -0.2) is 4.98 Å². The summed E-state index contributed by atoms with van der Waals surface area (Å²) in [6.07, 6.45) is 2.59. The van der Waals surface area contributed by atoms with E-state index >= 15 is 0 Å². The van der Waals surface area contributed by atoms with Crippen LogP contribution in [0.5, 0.6) is 0 Å². The maximum Gasteiger partial charge on any atom is 0.278 e. The fourth-order valence-corrected chi connectivity index (χ4v) is 4.53. The van der Waals surface area contributed by atoms with Crippen LogP contribution in [0.3, 0.4) is 0 Å². The molecule has 1 aromatic heterocycles. The van der Waals surface area contributed by atoms with Crippen LogP contribution in [0, 0.1) is 6.92 Å². The van der Waals surface area contributed by atoms with E-state index in [2.05, 4.69) is 47.0 Å². The molecule has 5 heteroatoms. The highest BCUT2D eigenvalue weighted by molar-refractivity contribution is 6.07. The van der Waals surface area contributed by atoms with E-state index in [1.165, 1.54) is 11.1 Å². The van der Waals surface area contributed by atoms with Gasteiger partial charge in [0.25, 0.3) is 5.91 Å². The average Bonchev–Trinajstić information content (AvgIpc) is 3.00. The minimum absolute atomic E-state index is 0.0459. The second kappa shape index (κ2) is 6.13. The first-order valence-electron chi connectivity index (χ1n) is 9.46. The summed E-state index contributed by atoms with van der Waals surface area (Å²) >= 11 is 0. The average molecular weight is 358 g/mol. The highest BCUT2D eigenvalue weighted by Crippen LogP contribution is 2.45. The summed E-state index contributed by atoms with van der Waals surface area (Å²) in [5, 5.41) is 0. The molecule has 2 atom stereocenters. The number of anilines is 1. The number of nitrogens with zero attached hydrogens (tertiary/aromatic N) is 4. The number of aryl methyl sites for hydroxylation is 1. The molecule has 0 radical (unpaired) electrons. The van der Waals surface area contributed by atoms with Crippen molar-refractivity contribution in [1.29, 1.82) is 0 Å². The summed E-state index contributed by atoms with van der Waals surface area (Å²) in [6, 6.07) is 14.3. The largest absolute Gasteiger partial charge is 0.306 e. The van der Waals surface area contributed by atoms with Crippen LogP contribution in [0.4, 0.5) is 5.69 Å². The van der Waals surface area contributed by atoms with Crippen molar-refractivity contribution in [2.75, 3.05) is 25.0 Å². The fourth-order valence-electron chi connectivity index (χ4n) is 4.53. The maximum atomic E-state index is 13.5. The molecule has 5 rings (SSSR count). The first-order valence-corrected chi connectivity index (χ1v) is 9.46. The van der Waals surface area contributed by atoms with Crippen molar-refractivity contribution in [1.82, 2.24) is 14.9 Å². The Hall–Kier alpha value is -2.79. The second-order valence-corrected chi connectivity index (χ2v) is 7.71. The smallest absolute Gasteiger partial charge is 0.278 e. The van der Waals surface area contributed by atoms with Gasteiger partial charge in [-0.1, -0.05) is 29.8 Å². The van der Waals surface area contributed by atoms with Gasteiger partial charge in [-0.05, 0) is 50.7 Å². The molecule has 0 aliphatic carbocycles.